The normalized spacial score (nSPS) is 8.00. The molecule has 1 N–H and O–H groups in total. The van der Waals surface area contributed by atoms with Crippen molar-refractivity contribution >= 4 is 8.19 Å². The first-order chi connectivity index (χ1) is 1.91. The van der Waals surface area contributed by atoms with Gasteiger partial charge in [0.15, 0.2) is 0 Å². The van der Waals surface area contributed by atoms with E-state index in [1.54, 1.807) is 0 Å². The molecule has 0 heterocycles. The zero-order chi connectivity index (χ0) is 3.41. The molecule has 0 radical (unpaired) electrons. The average Bonchev–Trinajstić information content (AvgIpc) is 1.37. The minimum atomic E-state index is 0.390. The Kier molecular flexibility index (Phi) is 3.07. The summed E-state index contributed by atoms with van der Waals surface area (Å²) in [5.74, 6) is 0. The van der Waals surface area contributed by atoms with Crippen molar-refractivity contribution in [2.45, 2.75) is 0 Å². The molecule has 4 heavy (non-hydrogen) atoms. The second-order valence-corrected chi connectivity index (χ2v) is 1.18. The molecule has 0 saturated heterocycles. The van der Waals surface area contributed by atoms with E-state index in [0.29, 0.717) is 8.19 Å². The lowest BCUT2D eigenvalue weighted by atomic mass is 11.6. The van der Waals surface area contributed by atoms with Crippen LogP contribution in [0.25, 0.3) is 0 Å². The maximum Gasteiger partial charge on any atom is -0.00823 e. The van der Waals surface area contributed by atoms with Crippen molar-refractivity contribution in [2.75, 3.05) is 7.05 Å². The van der Waals surface area contributed by atoms with Gasteiger partial charge in [-0.15, -0.1) is 6.13 Å². The molecule has 24 valence electrons. The standard InChI is InChI=1S/C2H6NP/c1-3-4-2/h2-4H,1H3. The first-order valence-electron chi connectivity index (χ1n) is 1.04. The molecule has 0 amide bonds. The summed E-state index contributed by atoms with van der Waals surface area (Å²) >= 11 is 0. The lowest BCUT2D eigenvalue weighted by molar-refractivity contribution is 1.30. The third-order valence-corrected chi connectivity index (χ3v) is 0.433. The molecule has 0 aliphatic rings. The number of hydrogen-bond donors (Lipinski definition) is 1. The van der Waals surface area contributed by atoms with Crippen LogP contribution in [0, 0.1) is 6.13 Å². The molecule has 0 rings (SSSR count). The molecule has 0 aromatic rings. The Morgan fingerprint density at radius 1 is 2.00 bits per heavy atom. The number of nitrogens with one attached hydrogen (secondary N) is 1. The van der Waals surface area contributed by atoms with Crippen molar-refractivity contribution in [3.05, 3.63) is 0 Å². The van der Waals surface area contributed by atoms with E-state index in [-0.39, 0.29) is 0 Å². The van der Waals surface area contributed by atoms with Crippen molar-refractivity contribution in [3.63, 3.8) is 0 Å². The summed E-state index contributed by atoms with van der Waals surface area (Å²) in [6.45, 7) is 0. The predicted molar refractivity (Wildman–Crippen MR) is 22.3 cm³/mol. The summed E-state index contributed by atoms with van der Waals surface area (Å²) in [5, 5.41) is 2.74. The minimum absolute atomic E-state index is 0.390. The molecular weight excluding hydrogens is 69.0 g/mol. The highest BCUT2D eigenvalue weighted by atomic mass is 31.1. The van der Waals surface area contributed by atoms with E-state index >= 15 is 0 Å². The van der Waals surface area contributed by atoms with Crippen LogP contribution in [-0.4, -0.2) is 7.05 Å². The zero-order valence-electron chi connectivity index (χ0n) is 2.58. The topological polar surface area (TPSA) is 12.0 Å². The van der Waals surface area contributed by atoms with Crippen LogP contribution in [0.1, 0.15) is 0 Å². The molecule has 0 aromatic carbocycles. The van der Waals surface area contributed by atoms with Gasteiger partial charge in [-0.2, -0.15) is 0 Å². The fourth-order valence-corrected chi connectivity index (χ4v) is 0. The van der Waals surface area contributed by atoms with Gasteiger partial charge in [-0.1, -0.05) is 8.19 Å². The summed E-state index contributed by atoms with van der Waals surface area (Å²) in [4.78, 5) is 0. The van der Waals surface area contributed by atoms with Gasteiger partial charge < -0.3 is 0 Å². The molecule has 0 fully saturated rings. The van der Waals surface area contributed by atoms with Crippen molar-refractivity contribution in [1.29, 1.82) is 0 Å². The van der Waals surface area contributed by atoms with Crippen LogP contribution < -0.4 is 5.09 Å². The summed E-state index contributed by atoms with van der Waals surface area (Å²) in [5.41, 5.74) is 0. The maximum atomic E-state index is 4.94. The first kappa shape index (κ1) is 4.04. The molecular formula is C2H6NP. The van der Waals surface area contributed by atoms with E-state index in [0.717, 1.165) is 0 Å². The van der Waals surface area contributed by atoms with Gasteiger partial charge in [-0.05, 0) is 7.05 Å². The van der Waals surface area contributed by atoms with E-state index in [1.165, 1.54) is 0 Å². The SMILES string of the molecule is C#[PH]NC. The van der Waals surface area contributed by atoms with Crippen molar-refractivity contribution in [2.24, 2.45) is 0 Å². The van der Waals surface area contributed by atoms with Crippen LogP contribution in [-0.2, 0) is 0 Å². The minimum Gasteiger partial charge on any atom is -0.278 e. The summed E-state index contributed by atoms with van der Waals surface area (Å²) in [6, 6.07) is 0. The summed E-state index contributed by atoms with van der Waals surface area (Å²) in [6.07, 6.45) is 4.94. The highest BCUT2D eigenvalue weighted by molar-refractivity contribution is 7.23. The molecule has 0 saturated carbocycles. The quantitative estimate of drug-likeness (QED) is 0.410. The van der Waals surface area contributed by atoms with Crippen molar-refractivity contribution < 1.29 is 0 Å². The Hall–Kier alpha value is 0.0400. The summed E-state index contributed by atoms with van der Waals surface area (Å²) in [7, 11) is 2.21. The molecule has 1 nitrogen and oxygen atoms in total. The molecule has 0 aromatic heterocycles. The zero-order valence-corrected chi connectivity index (χ0v) is 3.58. The van der Waals surface area contributed by atoms with E-state index in [1.807, 2.05) is 7.05 Å². The van der Waals surface area contributed by atoms with Crippen LogP contribution in [0.15, 0.2) is 0 Å². The van der Waals surface area contributed by atoms with Gasteiger partial charge in [0, 0.05) is 0 Å². The van der Waals surface area contributed by atoms with E-state index in [4.69, 9.17) is 6.13 Å². The monoisotopic (exact) mass is 75.0 g/mol. The molecule has 0 aliphatic heterocycles. The lowest BCUT2D eigenvalue weighted by Gasteiger charge is -1.63. The van der Waals surface area contributed by atoms with E-state index in [2.05, 4.69) is 5.09 Å². The Bertz CT molecular complexity index is 35.8. The van der Waals surface area contributed by atoms with Crippen molar-refractivity contribution in [1.82, 2.24) is 5.09 Å². The molecule has 1 unspecified atom stereocenters. The van der Waals surface area contributed by atoms with Gasteiger partial charge in [0.1, 0.15) is 0 Å². The first-order valence-corrected chi connectivity index (χ1v) is 2.12. The molecule has 1 atom stereocenters. The van der Waals surface area contributed by atoms with Gasteiger partial charge in [0.2, 0.25) is 0 Å². The molecule has 0 bridgehead atoms. The lowest BCUT2D eigenvalue weighted by Crippen LogP contribution is -1.76. The average molecular weight is 75.1 g/mol. The van der Waals surface area contributed by atoms with Crippen LogP contribution in [0.3, 0.4) is 0 Å². The van der Waals surface area contributed by atoms with Gasteiger partial charge >= 0.3 is 0 Å². The van der Waals surface area contributed by atoms with E-state index in [9.17, 15) is 0 Å². The number of rotatable bonds is 0. The fraction of sp³-hybridized carbons (Fsp3) is 0.500. The predicted octanol–water partition coefficient (Wildman–Crippen LogP) is 0.388. The van der Waals surface area contributed by atoms with Gasteiger partial charge in [-0.25, -0.2) is 0 Å². The van der Waals surface area contributed by atoms with Crippen LogP contribution in [0.5, 0.6) is 0 Å². The number of hydrogen-bond acceptors (Lipinski definition) is 1. The highest BCUT2D eigenvalue weighted by Gasteiger charge is 1.33. The van der Waals surface area contributed by atoms with Crippen LogP contribution in [0.4, 0.5) is 0 Å². The van der Waals surface area contributed by atoms with Crippen LogP contribution in [0.2, 0.25) is 0 Å². The Labute approximate surface area is 27.5 Å². The van der Waals surface area contributed by atoms with E-state index < -0.39 is 0 Å². The molecule has 0 aliphatic carbocycles. The fourth-order valence-electron chi connectivity index (χ4n) is 0. The second-order valence-electron chi connectivity index (χ2n) is 0.394. The van der Waals surface area contributed by atoms with Crippen molar-refractivity contribution in [3.8, 4) is 6.13 Å². The third kappa shape index (κ3) is 2.04. The Balaban J connectivity index is 2.43. The van der Waals surface area contributed by atoms with Gasteiger partial charge in [-0.3, -0.25) is 5.09 Å². The van der Waals surface area contributed by atoms with Gasteiger partial charge in [0.25, 0.3) is 0 Å². The second kappa shape index (κ2) is 3.04. The Morgan fingerprint density at radius 2 is 2.25 bits per heavy atom. The summed E-state index contributed by atoms with van der Waals surface area (Å²) < 4.78 is 0. The largest absolute Gasteiger partial charge is 0.278 e. The molecule has 2 heteroatoms. The van der Waals surface area contributed by atoms with Crippen LogP contribution >= 0.6 is 8.19 Å². The smallest absolute Gasteiger partial charge is 0.00823 e. The highest BCUT2D eigenvalue weighted by Crippen LogP contribution is 1.63. The molecule has 0 spiro atoms. The maximum absolute atomic E-state index is 4.94. The van der Waals surface area contributed by atoms with Gasteiger partial charge in [0.05, 0.1) is 0 Å². The Morgan fingerprint density at radius 3 is 2.25 bits per heavy atom. The third-order valence-electron chi connectivity index (χ3n) is 0.144.